The Kier molecular flexibility index (Phi) is 8.32. The van der Waals surface area contributed by atoms with Crippen molar-refractivity contribution < 1.29 is 17.9 Å². The Balaban J connectivity index is 1.84. The van der Waals surface area contributed by atoms with E-state index >= 15 is 0 Å². The highest BCUT2D eigenvalue weighted by Crippen LogP contribution is 2.26. The molecule has 0 heterocycles. The number of carbonyl (C=O) groups is 1. The molecular weight excluding hydrogens is 485 g/mol. The van der Waals surface area contributed by atoms with Gasteiger partial charge < -0.3 is 4.74 Å². The number of rotatable bonds is 9. The summed E-state index contributed by atoms with van der Waals surface area (Å²) in [6.07, 6.45) is 1.38. The number of anilines is 1. The van der Waals surface area contributed by atoms with Crippen LogP contribution in [0.4, 0.5) is 5.69 Å². The molecule has 7 nitrogen and oxygen atoms in total. The van der Waals surface area contributed by atoms with E-state index in [0.29, 0.717) is 28.0 Å². The molecule has 0 aliphatic carbocycles. The van der Waals surface area contributed by atoms with Crippen molar-refractivity contribution >= 4 is 51.0 Å². The van der Waals surface area contributed by atoms with Crippen LogP contribution in [0.1, 0.15) is 12.5 Å². The molecular formula is C23H21Cl2N3O4S. The Labute approximate surface area is 202 Å². The Morgan fingerprint density at radius 2 is 1.70 bits per heavy atom. The van der Waals surface area contributed by atoms with E-state index in [0.717, 1.165) is 4.31 Å². The van der Waals surface area contributed by atoms with Gasteiger partial charge in [0.05, 0.1) is 23.4 Å². The first-order chi connectivity index (χ1) is 15.8. The largest absolute Gasteiger partial charge is 0.494 e. The van der Waals surface area contributed by atoms with Crippen LogP contribution >= 0.6 is 23.2 Å². The fraction of sp³-hybridized carbons (Fsp3) is 0.130. The molecule has 0 spiro atoms. The van der Waals surface area contributed by atoms with Crippen molar-refractivity contribution in [1.29, 1.82) is 0 Å². The standard InChI is InChI=1S/C23H21Cl2N3O4S/c1-2-32-20-11-13-21(14-12-20)33(30,31)28(19-9-7-18(24)8-10-19)16-23(29)27-26-15-17-5-3-4-6-22(17)25/h3-15H,2,16H2,1H3,(H,27,29). The molecule has 0 aliphatic heterocycles. The summed E-state index contributed by atoms with van der Waals surface area (Å²) in [5, 5.41) is 4.79. The molecule has 0 bridgehead atoms. The number of carbonyl (C=O) groups excluding carboxylic acids is 1. The van der Waals surface area contributed by atoms with E-state index in [-0.39, 0.29) is 10.6 Å². The van der Waals surface area contributed by atoms with Crippen molar-refractivity contribution in [2.75, 3.05) is 17.5 Å². The zero-order valence-corrected chi connectivity index (χ0v) is 19.9. The van der Waals surface area contributed by atoms with Crippen molar-refractivity contribution in [3.63, 3.8) is 0 Å². The number of nitrogens with one attached hydrogen (secondary N) is 1. The van der Waals surface area contributed by atoms with Gasteiger partial charge in [-0.15, -0.1) is 0 Å². The lowest BCUT2D eigenvalue weighted by Crippen LogP contribution is -2.39. The summed E-state index contributed by atoms with van der Waals surface area (Å²) in [6, 6.07) is 19.1. The fourth-order valence-corrected chi connectivity index (χ4v) is 4.58. The van der Waals surface area contributed by atoms with Crippen LogP contribution in [-0.4, -0.2) is 33.7 Å². The predicted octanol–water partition coefficient (Wildman–Crippen LogP) is 4.74. The van der Waals surface area contributed by atoms with Crippen LogP contribution in [0.2, 0.25) is 10.0 Å². The molecule has 3 aromatic rings. The highest BCUT2D eigenvalue weighted by Gasteiger charge is 2.27. The number of amides is 1. The number of halogens is 2. The van der Waals surface area contributed by atoms with Crippen molar-refractivity contribution in [2.45, 2.75) is 11.8 Å². The molecule has 0 radical (unpaired) electrons. The van der Waals surface area contributed by atoms with E-state index < -0.39 is 22.5 Å². The number of sulfonamides is 1. The molecule has 33 heavy (non-hydrogen) atoms. The number of hydrogen-bond acceptors (Lipinski definition) is 5. The first-order valence-corrected chi connectivity index (χ1v) is 12.1. The minimum atomic E-state index is -4.08. The molecule has 1 amide bonds. The molecule has 0 aliphatic rings. The monoisotopic (exact) mass is 505 g/mol. The minimum absolute atomic E-state index is 0.00766. The zero-order chi connectivity index (χ0) is 23.8. The van der Waals surface area contributed by atoms with E-state index in [1.54, 1.807) is 48.5 Å². The van der Waals surface area contributed by atoms with E-state index in [4.69, 9.17) is 27.9 Å². The van der Waals surface area contributed by atoms with E-state index in [2.05, 4.69) is 10.5 Å². The number of ether oxygens (including phenoxy) is 1. The van der Waals surface area contributed by atoms with E-state index in [1.807, 2.05) is 6.92 Å². The van der Waals surface area contributed by atoms with Gasteiger partial charge in [-0.2, -0.15) is 5.10 Å². The molecule has 1 N–H and O–H groups in total. The van der Waals surface area contributed by atoms with Crippen LogP contribution in [0, 0.1) is 0 Å². The maximum atomic E-state index is 13.4. The molecule has 3 aromatic carbocycles. The van der Waals surface area contributed by atoms with Crippen LogP contribution in [-0.2, 0) is 14.8 Å². The summed E-state index contributed by atoms with van der Waals surface area (Å²) in [5.74, 6) is -0.0936. The lowest BCUT2D eigenvalue weighted by atomic mass is 10.2. The normalized spacial score (nSPS) is 11.4. The van der Waals surface area contributed by atoms with Gasteiger partial charge >= 0.3 is 0 Å². The molecule has 10 heteroatoms. The van der Waals surface area contributed by atoms with Gasteiger partial charge in [-0.25, -0.2) is 13.8 Å². The SMILES string of the molecule is CCOc1ccc(S(=O)(=O)N(CC(=O)NN=Cc2ccccc2Cl)c2ccc(Cl)cc2)cc1. The highest BCUT2D eigenvalue weighted by molar-refractivity contribution is 7.92. The second-order valence-electron chi connectivity index (χ2n) is 6.71. The maximum Gasteiger partial charge on any atom is 0.264 e. The van der Waals surface area contributed by atoms with Crippen LogP contribution in [0.25, 0.3) is 0 Å². The lowest BCUT2D eigenvalue weighted by Gasteiger charge is -2.23. The van der Waals surface area contributed by atoms with Crippen LogP contribution in [0.5, 0.6) is 5.75 Å². The number of hydrogen-bond donors (Lipinski definition) is 1. The van der Waals surface area contributed by atoms with Gasteiger partial charge in [-0.1, -0.05) is 41.4 Å². The summed E-state index contributed by atoms with van der Waals surface area (Å²) in [7, 11) is -4.08. The topological polar surface area (TPSA) is 88.1 Å². The summed E-state index contributed by atoms with van der Waals surface area (Å²) >= 11 is 12.0. The Hall–Kier alpha value is -3.07. The quantitative estimate of drug-likeness (QED) is 0.336. The molecule has 0 atom stereocenters. The Morgan fingerprint density at radius 3 is 2.33 bits per heavy atom. The van der Waals surface area contributed by atoms with Crippen LogP contribution in [0.15, 0.2) is 82.8 Å². The summed E-state index contributed by atoms with van der Waals surface area (Å²) < 4.78 is 33.1. The molecule has 0 aromatic heterocycles. The number of benzene rings is 3. The molecule has 0 unspecified atom stereocenters. The van der Waals surface area contributed by atoms with E-state index in [9.17, 15) is 13.2 Å². The van der Waals surface area contributed by atoms with Gasteiger partial charge in [-0.3, -0.25) is 9.10 Å². The van der Waals surface area contributed by atoms with Crippen LogP contribution in [0.3, 0.4) is 0 Å². The second kappa shape index (κ2) is 11.2. The lowest BCUT2D eigenvalue weighted by molar-refractivity contribution is -0.119. The zero-order valence-electron chi connectivity index (χ0n) is 17.6. The molecule has 0 saturated carbocycles. The molecule has 172 valence electrons. The van der Waals surface area contributed by atoms with Crippen molar-refractivity contribution in [1.82, 2.24) is 5.43 Å². The fourth-order valence-electron chi connectivity index (χ4n) is 2.84. The first-order valence-electron chi connectivity index (χ1n) is 9.89. The summed E-state index contributed by atoms with van der Waals surface area (Å²) in [6.45, 7) is 1.79. The van der Waals surface area contributed by atoms with Gasteiger partial charge in [0.1, 0.15) is 12.3 Å². The number of hydrazone groups is 1. The van der Waals surface area contributed by atoms with Gasteiger partial charge in [0, 0.05) is 15.6 Å². The number of nitrogens with zero attached hydrogens (tertiary/aromatic N) is 2. The third kappa shape index (κ3) is 6.47. The average Bonchev–Trinajstić information content (AvgIpc) is 2.80. The minimum Gasteiger partial charge on any atom is -0.494 e. The molecule has 0 fully saturated rings. The van der Waals surface area contributed by atoms with Gasteiger partial charge in [0.25, 0.3) is 15.9 Å². The third-order valence-electron chi connectivity index (χ3n) is 4.42. The summed E-state index contributed by atoms with van der Waals surface area (Å²) in [4.78, 5) is 12.6. The van der Waals surface area contributed by atoms with Gasteiger partial charge in [-0.05, 0) is 61.5 Å². The Morgan fingerprint density at radius 1 is 1.03 bits per heavy atom. The van der Waals surface area contributed by atoms with Gasteiger partial charge in [0.2, 0.25) is 0 Å². The smallest absolute Gasteiger partial charge is 0.264 e. The third-order valence-corrected chi connectivity index (χ3v) is 6.81. The summed E-state index contributed by atoms with van der Waals surface area (Å²) in [5.41, 5.74) is 3.22. The van der Waals surface area contributed by atoms with Crippen molar-refractivity contribution in [3.05, 3.63) is 88.4 Å². The van der Waals surface area contributed by atoms with Crippen LogP contribution < -0.4 is 14.5 Å². The average molecular weight is 506 g/mol. The van der Waals surface area contributed by atoms with Crippen molar-refractivity contribution in [2.24, 2.45) is 5.10 Å². The van der Waals surface area contributed by atoms with Gasteiger partial charge in [0.15, 0.2) is 0 Å². The maximum absolute atomic E-state index is 13.4. The second-order valence-corrected chi connectivity index (χ2v) is 9.41. The van der Waals surface area contributed by atoms with Crippen molar-refractivity contribution in [3.8, 4) is 5.75 Å². The first kappa shape index (κ1) is 24.6. The van der Waals surface area contributed by atoms with E-state index in [1.165, 1.54) is 30.5 Å². The molecule has 0 saturated heterocycles. The highest BCUT2D eigenvalue weighted by atomic mass is 35.5. The predicted molar refractivity (Wildman–Crippen MR) is 131 cm³/mol. The molecule has 3 rings (SSSR count). The Bertz CT molecular complexity index is 1230.